The first kappa shape index (κ1) is 16.7. The van der Waals surface area contributed by atoms with Gasteiger partial charge >= 0.3 is 5.97 Å². The third-order valence-corrected chi connectivity index (χ3v) is 5.13. The van der Waals surface area contributed by atoms with Crippen molar-refractivity contribution < 1.29 is 15.0 Å². The van der Waals surface area contributed by atoms with E-state index in [4.69, 9.17) is 0 Å². The largest absolute Gasteiger partial charge is 0.507 e. The van der Waals surface area contributed by atoms with Gasteiger partial charge in [-0.15, -0.1) is 0 Å². The summed E-state index contributed by atoms with van der Waals surface area (Å²) in [5, 5.41) is 19.7. The van der Waals surface area contributed by atoms with Crippen molar-refractivity contribution in [2.75, 3.05) is 0 Å². The zero-order chi connectivity index (χ0) is 17.2. The molecule has 1 aliphatic rings. The SMILES string of the molecule is O=C(O)[C@]1(c2ccccc2)CC[C@H](N=Cc2ccc(Br)cc2O)C1. The van der Waals surface area contributed by atoms with Crippen molar-refractivity contribution in [3.8, 4) is 5.75 Å². The van der Waals surface area contributed by atoms with E-state index in [9.17, 15) is 15.0 Å². The summed E-state index contributed by atoms with van der Waals surface area (Å²) in [6.07, 6.45) is 3.39. The minimum absolute atomic E-state index is 0.0654. The Kier molecular flexibility index (Phi) is 4.71. The predicted octanol–water partition coefficient (Wildman–Crippen LogP) is 4.15. The van der Waals surface area contributed by atoms with E-state index in [0.29, 0.717) is 18.4 Å². The van der Waals surface area contributed by atoms with Gasteiger partial charge in [0.15, 0.2) is 0 Å². The predicted molar refractivity (Wildman–Crippen MR) is 96.8 cm³/mol. The standard InChI is InChI=1S/C19H18BrNO3/c20-15-7-6-13(17(22)10-15)12-21-16-8-9-19(11-16,18(23)24)14-4-2-1-3-5-14/h1-7,10,12,16,22H,8-9,11H2,(H,23,24)/t16-,19+/m0/s1. The van der Waals surface area contributed by atoms with Gasteiger partial charge < -0.3 is 10.2 Å². The molecule has 0 amide bonds. The summed E-state index contributed by atoms with van der Waals surface area (Å²) in [7, 11) is 0. The van der Waals surface area contributed by atoms with Gasteiger partial charge in [0.05, 0.1) is 11.5 Å². The van der Waals surface area contributed by atoms with Gasteiger partial charge in [0.2, 0.25) is 0 Å². The van der Waals surface area contributed by atoms with Crippen LogP contribution in [0.25, 0.3) is 0 Å². The second-order valence-corrected chi connectivity index (χ2v) is 7.05. The molecule has 0 radical (unpaired) electrons. The maximum atomic E-state index is 11.9. The first-order chi connectivity index (χ1) is 11.5. The van der Waals surface area contributed by atoms with E-state index in [0.717, 1.165) is 16.5 Å². The lowest BCUT2D eigenvalue weighted by atomic mass is 9.79. The summed E-state index contributed by atoms with van der Waals surface area (Å²) in [4.78, 5) is 16.5. The van der Waals surface area contributed by atoms with Gasteiger partial charge in [0, 0.05) is 16.3 Å². The average Bonchev–Trinajstić information content (AvgIpc) is 3.01. The molecule has 1 aliphatic carbocycles. The Bertz CT molecular complexity index is 775. The number of halogens is 1. The Morgan fingerprint density at radius 1 is 1.25 bits per heavy atom. The molecule has 4 nitrogen and oxygen atoms in total. The fourth-order valence-corrected chi connectivity index (χ4v) is 3.64. The van der Waals surface area contributed by atoms with Gasteiger partial charge in [-0.25, -0.2) is 0 Å². The minimum Gasteiger partial charge on any atom is -0.507 e. The normalized spacial score (nSPS) is 23.6. The number of aliphatic imine (C=N–C) groups is 1. The fraction of sp³-hybridized carbons (Fsp3) is 0.263. The number of carboxylic acids is 1. The lowest BCUT2D eigenvalue weighted by Gasteiger charge is -2.24. The molecule has 2 N–H and O–H groups in total. The van der Waals surface area contributed by atoms with Crippen molar-refractivity contribution in [1.82, 2.24) is 0 Å². The Hall–Kier alpha value is -2.14. The van der Waals surface area contributed by atoms with E-state index in [1.807, 2.05) is 36.4 Å². The second kappa shape index (κ2) is 6.77. The van der Waals surface area contributed by atoms with Gasteiger partial charge in [-0.2, -0.15) is 0 Å². The van der Waals surface area contributed by atoms with Crippen molar-refractivity contribution in [1.29, 1.82) is 0 Å². The Morgan fingerprint density at radius 3 is 2.67 bits per heavy atom. The molecule has 0 unspecified atom stereocenters. The number of benzene rings is 2. The summed E-state index contributed by atoms with van der Waals surface area (Å²) in [5.74, 6) is -0.642. The number of carboxylic acid groups (broad SMARTS) is 1. The Balaban J connectivity index is 1.81. The number of aliphatic carboxylic acids is 1. The molecule has 1 saturated carbocycles. The molecule has 0 aromatic heterocycles. The Labute approximate surface area is 149 Å². The number of rotatable bonds is 4. The van der Waals surface area contributed by atoms with Gasteiger partial charge in [-0.05, 0) is 43.0 Å². The molecule has 2 atom stereocenters. The number of carbonyl (C=O) groups is 1. The number of hydrogen-bond acceptors (Lipinski definition) is 3. The van der Waals surface area contributed by atoms with Crippen LogP contribution in [-0.4, -0.2) is 28.4 Å². The number of phenolic OH excluding ortho intramolecular Hbond substituents is 1. The molecule has 0 saturated heterocycles. The number of nitrogens with zero attached hydrogens (tertiary/aromatic N) is 1. The fourth-order valence-electron chi connectivity index (χ4n) is 3.30. The quantitative estimate of drug-likeness (QED) is 0.774. The summed E-state index contributed by atoms with van der Waals surface area (Å²) in [6, 6.07) is 14.5. The van der Waals surface area contributed by atoms with Gasteiger partial charge in [0.25, 0.3) is 0 Å². The van der Waals surface area contributed by atoms with Crippen molar-refractivity contribution >= 4 is 28.1 Å². The molecule has 24 heavy (non-hydrogen) atoms. The molecular formula is C19H18BrNO3. The van der Waals surface area contributed by atoms with Crippen LogP contribution in [0.4, 0.5) is 0 Å². The lowest BCUT2D eigenvalue weighted by Crippen LogP contribution is -2.33. The van der Waals surface area contributed by atoms with E-state index >= 15 is 0 Å². The highest BCUT2D eigenvalue weighted by atomic mass is 79.9. The lowest BCUT2D eigenvalue weighted by molar-refractivity contribution is -0.143. The Morgan fingerprint density at radius 2 is 2.00 bits per heavy atom. The highest BCUT2D eigenvalue weighted by molar-refractivity contribution is 9.10. The highest BCUT2D eigenvalue weighted by Crippen LogP contribution is 2.42. The molecule has 1 fully saturated rings. The maximum Gasteiger partial charge on any atom is 0.314 e. The van der Waals surface area contributed by atoms with Gasteiger partial charge in [-0.1, -0.05) is 46.3 Å². The van der Waals surface area contributed by atoms with Crippen LogP contribution in [0, 0.1) is 0 Å². The zero-order valence-electron chi connectivity index (χ0n) is 13.0. The van der Waals surface area contributed by atoms with Crippen LogP contribution in [0.2, 0.25) is 0 Å². The molecule has 3 rings (SSSR count). The van der Waals surface area contributed by atoms with Crippen molar-refractivity contribution in [3.63, 3.8) is 0 Å². The minimum atomic E-state index is -0.870. The molecule has 0 bridgehead atoms. The zero-order valence-corrected chi connectivity index (χ0v) is 14.6. The first-order valence-corrected chi connectivity index (χ1v) is 8.61. The number of hydrogen-bond donors (Lipinski definition) is 2. The van der Waals surface area contributed by atoms with E-state index in [-0.39, 0.29) is 11.8 Å². The van der Waals surface area contributed by atoms with Gasteiger partial charge in [-0.3, -0.25) is 9.79 Å². The molecule has 2 aromatic carbocycles. The molecule has 0 aliphatic heterocycles. The van der Waals surface area contributed by atoms with E-state index in [1.54, 1.807) is 18.3 Å². The maximum absolute atomic E-state index is 11.9. The molecular weight excluding hydrogens is 370 g/mol. The number of phenols is 1. The van der Waals surface area contributed by atoms with Crippen LogP contribution >= 0.6 is 15.9 Å². The monoisotopic (exact) mass is 387 g/mol. The van der Waals surface area contributed by atoms with Crippen molar-refractivity contribution in [3.05, 3.63) is 64.1 Å². The molecule has 0 heterocycles. The van der Waals surface area contributed by atoms with E-state index in [2.05, 4.69) is 20.9 Å². The van der Waals surface area contributed by atoms with Crippen LogP contribution in [0.5, 0.6) is 5.75 Å². The highest BCUT2D eigenvalue weighted by Gasteiger charge is 2.46. The van der Waals surface area contributed by atoms with Crippen molar-refractivity contribution in [2.24, 2.45) is 4.99 Å². The third-order valence-electron chi connectivity index (χ3n) is 4.64. The van der Waals surface area contributed by atoms with Gasteiger partial charge in [0.1, 0.15) is 5.75 Å². The first-order valence-electron chi connectivity index (χ1n) is 7.82. The van der Waals surface area contributed by atoms with E-state index < -0.39 is 11.4 Å². The van der Waals surface area contributed by atoms with Crippen LogP contribution in [0.1, 0.15) is 30.4 Å². The van der Waals surface area contributed by atoms with Crippen LogP contribution in [0.3, 0.4) is 0 Å². The molecule has 2 aromatic rings. The number of aromatic hydroxyl groups is 1. The molecule has 5 heteroatoms. The summed E-state index contributed by atoms with van der Waals surface area (Å²) in [6.45, 7) is 0. The summed E-state index contributed by atoms with van der Waals surface area (Å²) < 4.78 is 0.798. The van der Waals surface area contributed by atoms with Crippen LogP contribution in [-0.2, 0) is 10.2 Å². The van der Waals surface area contributed by atoms with E-state index in [1.165, 1.54) is 0 Å². The molecule has 0 spiro atoms. The van der Waals surface area contributed by atoms with Crippen molar-refractivity contribution in [2.45, 2.75) is 30.7 Å². The van der Waals surface area contributed by atoms with Crippen LogP contribution in [0.15, 0.2) is 58.0 Å². The average molecular weight is 388 g/mol. The smallest absolute Gasteiger partial charge is 0.314 e. The summed E-state index contributed by atoms with van der Waals surface area (Å²) >= 11 is 3.30. The topological polar surface area (TPSA) is 69.9 Å². The summed E-state index contributed by atoms with van der Waals surface area (Å²) in [5.41, 5.74) is 0.595. The van der Waals surface area contributed by atoms with Crippen LogP contribution < -0.4 is 0 Å². The molecule has 124 valence electrons. The third kappa shape index (κ3) is 3.22. The second-order valence-electron chi connectivity index (χ2n) is 6.13.